The van der Waals surface area contributed by atoms with Gasteiger partial charge in [-0.3, -0.25) is 9.59 Å². The number of hydrogen-bond donors (Lipinski definition) is 1. The number of nitrogens with zero attached hydrogens (tertiary/aromatic N) is 1. The molecule has 2 saturated heterocycles. The molecule has 1 N–H and O–H groups in total. The van der Waals surface area contributed by atoms with Crippen LogP contribution in [0.4, 0.5) is 4.79 Å². The zero-order valence-electron chi connectivity index (χ0n) is 10.9. The van der Waals surface area contributed by atoms with Gasteiger partial charge in [-0.25, -0.2) is 4.79 Å². The SMILES string of the molecule is CC(C)(C)OC(=O)N[C@@H]1C(=O)N2CCC(=O)C[C@H]12. The minimum absolute atomic E-state index is 0.127. The first kappa shape index (κ1) is 12.9. The number of β-lactam (4-membered cyclic amide) rings is 1. The van der Waals surface area contributed by atoms with E-state index in [4.69, 9.17) is 4.74 Å². The summed E-state index contributed by atoms with van der Waals surface area (Å²) in [6.07, 6.45) is 0.131. The van der Waals surface area contributed by atoms with Gasteiger partial charge in [0.05, 0.1) is 6.04 Å². The van der Waals surface area contributed by atoms with Crippen LogP contribution in [-0.4, -0.2) is 46.9 Å². The number of piperidine rings is 1. The van der Waals surface area contributed by atoms with E-state index in [2.05, 4.69) is 5.32 Å². The van der Waals surface area contributed by atoms with Crippen LogP contribution in [0.2, 0.25) is 0 Å². The maximum atomic E-state index is 11.7. The van der Waals surface area contributed by atoms with E-state index in [1.807, 2.05) is 0 Å². The second-order valence-electron chi connectivity index (χ2n) is 5.72. The molecular weight excluding hydrogens is 236 g/mol. The maximum Gasteiger partial charge on any atom is 0.408 e. The Morgan fingerprint density at radius 2 is 2.06 bits per heavy atom. The summed E-state index contributed by atoms with van der Waals surface area (Å²) >= 11 is 0. The average molecular weight is 254 g/mol. The van der Waals surface area contributed by atoms with Crippen LogP contribution in [0.25, 0.3) is 0 Å². The molecule has 2 atom stereocenters. The van der Waals surface area contributed by atoms with Gasteiger partial charge in [-0.1, -0.05) is 0 Å². The number of ketones is 1. The van der Waals surface area contributed by atoms with Gasteiger partial charge in [0.25, 0.3) is 0 Å². The van der Waals surface area contributed by atoms with Crippen LogP contribution in [-0.2, 0) is 14.3 Å². The molecule has 2 heterocycles. The molecule has 100 valence electrons. The molecule has 2 rings (SSSR count). The van der Waals surface area contributed by atoms with Gasteiger partial charge in [-0.15, -0.1) is 0 Å². The predicted octanol–water partition coefficient (Wildman–Crippen LogP) is 0.453. The smallest absolute Gasteiger partial charge is 0.408 e. The number of carbonyl (C=O) groups excluding carboxylic acids is 3. The van der Waals surface area contributed by atoms with Gasteiger partial charge < -0.3 is 15.0 Å². The van der Waals surface area contributed by atoms with E-state index in [-0.39, 0.29) is 17.7 Å². The lowest BCUT2D eigenvalue weighted by molar-refractivity contribution is -0.156. The van der Waals surface area contributed by atoms with Crippen molar-refractivity contribution in [3.05, 3.63) is 0 Å². The molecule has 0 aromatic rings. The van der Waals surface area contributed by atoms with Gasteiger partial charge >= 0.3 is 6.09 Å². The molecule has 0 unspecified atom stereocenters. The topological polar surface area (TPSA) is 75.7 Å². The summed E-state index contributed by atoms with van der Waals surface area (Å²) in [7, 11) is 0. The Morgan fingerprint density at radius 1 is 1.39 bits per heavy atom. The highest BCUT2D eigenvalue weighted by Crippen LogP contribution is 2.28. The highest BCUT2D eigenvalue weighted by atomic mass is 16.6. The summed E-state index contributed by atoms with van der Waals surface area (Å²) in [5.41, 5.74) is -0.598. The number of Topliss-reactive ketones (excluding diaryl/α,β-unsaturated/α-hetero) is 1. The Hall–Kier alpha value is -1.59. The van der Waals surface area contributed by atoms with Crippen LogP contribution in [0.5, 0.6) is 0 Å². The largest absolute Gasteiger partial charge is 0.444 e. The van der Waals surface area contributed by atoms with E-state index in [0.717, 1.165) is 0 Å². The minimum Gasteiger partial charge on any atom is -0.444 e. The van der Waals surface area contributed by atoms with Crippen molar-refractivity contribution >= 4 is 17.8 Å². The predicted molar refractivity (Wildman–Crippen MR) is 62.9 cm³/mol. The average Bonchev–Trinajstić information content (AvgIpc) is 2.23. The van der Waals surface area contributed by atoms with Crippen LogP contribution in [0, 0.1) is 0 Å². The van der Waals surface area contributed by atoms with Crippen LogP contribution in [0.1, 0.15) is 33.6 Å². The number of alkyl carbamates (subject to hydrolysis) is 1. The molecule has 6 heteroatoms. The number of rotatable bonds is 1. The number of amides is 2. The Balaban J connectivity index is 1.92. The third-order valence-electron chi connectivity index (χ3n) is 3.07. The van der Waals surface area contributed by atoms with Crippen molar-refractivity contribution in [3.8, 4) is 0 Å². The summed E-state index contributed by atoms with van der Waals surface area (Å²) in [6.45, 7) is 5.73. The van der Waals surface area contributed by atoms with Gasteiger partial charge in [0.15, 0.2) is 0 Å². The van der Waals surface area contributed by atoms with Gasteiger partial charge in [0.2, 0.25) is 5.91 Å². The first-order valence-electron chi connectivity index (χ1n) is 6.09. The Kier molecular flexibility index (Phi) is 3.04. The lowest BCUT2D eigenvalue weighted by Gasteiger charge is -2.49. The van der Waals surface area contributed by atoms with Gasteiger partial charge in [0, 0.05) is 19.4 Å². The summed E-state index contributed by atoms with van der Waals surface area (Å²) in [5.74, 6) is 0.0121. The Labute approximate surface area is 106 Å². The molecular formula is C12H18N2O4. The zero-order chi connectivity index (χ0) is 13.5. The van der Waals surface area contributed by atoms with Crippen LogP contribution in [0.15, 0.2) is 0 Å². The lowest BCUT2D eigenvalue weighted by Crippen LogP contribution is -2.72. The van der Waals surface area contributed by atoms with E-state index in [9.17, 15) is 14.4 Å². The quantitative estimate of drug-likeness (QED) is 0.689. The van der Waals surface area contributed by atoms with Crippen molar-refractivity contribution in [1.82, 2.24) is 10.2 Å². The minimum atomic E-state index is -0.612. The van der Waals surface area contributed by atoms with Crippen molar-refractivity contribution in [1.29, 1.82) is 0 Å². The first-order chi connectivity index (χ1) is 8.28. The van der Waals surface area contributed by atoms with Crippen molar-refractivity contribution in [3.63, 3.8) is 0 Å². The number of carbonyl (C=O) groups is 3. The van der Waals surface area contributed by atoms with Gasteiger partial charge in [-0.05, 0) is 20.8 Å². The molecule has 2 fully saturated rings. The molecule has 2 aliphatic rings. The fourth-order valence-corrected chi connectivity index (χ4v) is 2.28. The molecule has 18 heavy (non-hydrogen) atoms. The molecule has 0 aromatic carbocycles. The molecule has 2 amide bonds. The first-order valence-corrected chi connectivity index (χ1v) is 6.09. The molecule has 6 nitrogen and oxygen atoms in total. The second-order valence-corrected chi connectivity index (χ2v) is 5.72. The van der Waals surface area contributed by atoms with Crippen molar-refractivity contribution < 1.29 is 19.1 Å². The third-order valence-corrected chi connectivity index (χ3v) is 3.07. The molecule has 2 aliphatic heterocycles. The standard InChI is InChI=1S/C12H18N2O4/c1-12(2,3)18-11(17)13-9-8-6-7(15)4-5-14(8)10(9)16/h8-9H,4-6H2,1-3H3,(H,13,17)/t8-,9+/m1/s1. The van der Waals surface area contributed by atoms with Crippen LogP contribution in [0.3, 0.4) is 0 Å². The van der Waals surface area contributed by atoms with E-state index < -0.39 is 17.7 Å². The van der Waals surface area contributed by atoms with E-state index >= 15 is 0 Å². The number of hydrogen-bond acceptors (Lipinski definition) is 4. The Morgan fingerprint density at radius 3 is 2.67 bits per heavy atom. The van der Waals surface area contributed by atoms with E-state index in [1.54, 1.807) is 25.7 Å². The normalized spacial score (nSPS) is 27.4. The van der Waals surface area contributed by atoms with Crippen LogP contribution < -0.4 is 5.32 Å². The molecule has 0 spiro atoms. The summed E-state index contributed by atoms with van der Waals surface area (Å²) < 4.78 is 5.09. The number of nitrogens with one attached hydrogen (secondary N) is 1. The summed E-state index contributed by atoms with van der Waals surface area (Å²) in [6, 6.07) is -0.796. The fourth-order valence-electron chi connectivity index (χ4n) is 2.28. The molecule has 0 aliphatic carbocycles. The van der Waals surface area contributed by atoms with Gasteiger partial charge in [-0.2, -0.15) is 0 Å². The molecule has 0 radical (unpaired) electrons. The number of fused-ring (bicyclic) bond motifs is 1. The number of ether oxygens (including phenoxy) is 1. The fraction of sp³-hybridized carbons (Fsp3) is 0.750. The second kappa shape index (κ2) is 4.26. The summed E-state index contributed by atoms with van der Waals surface area (Å²) in [5, 5.41) is 2.54. The van der Waals surface area contributed by atoms with Crippen molar-refractivity contribution in [2.75, 3.05) is 6.54 Å². The maximum absolute atomic E-state index is 11.7. The highest BCUT2D eigenvalue weighted by molar-refractivity contribution is 5.96. The summed E-state index contributed by atoms with van der Waals surface area (Å²) in [4.78, 5) is 36.3. The van der Waals surface area contributed by atoms with E-state index in [0.29, 0.717) is 19.4 Å². The molecule has 0 aromatic heterocycles. The zero-order valence-corrected chi connectivity index (χ0v) is 10.9. The molecule has 0 saturated carbocycles. The molecule has 0 bridgehead atoms. The van der Waals surface area contributed by atoms with Gasteiger partial charge in [0.1, 0.15) is 17.4 Å². The Bertz CT molecular complexity index is 399. The van der Waals surface area contributed by atoms with Crippen LogP contribution >= 0.6 is 0 Å². The lowest BCUT2D eigenvalue weighted by atomic mass is 9.86. The third kappa shape index (κ3) is 2.47. The van der Waals surface area contributed by atoms with Crippen molar-refractivity contribution in [2.24, 2.45) is 0 Å². The highest BCUT2D eigenvalue weighted by Gasteiger charge is 2.50. The monoisotopic (exact) mass is 254 g/mol. The van der Waals surface area contributed by atoms with E-state index in [1.165, 1.54) is 0 Å². The van der Waals surface area contributed by atoms with Crippen molar-refractivity contribution in [2.45, 2.75) is 51.3 Å².